The zero-order valence-electron chi connectivity index (χ0n) is 18.8. The van der Waals surface area contributed by atoms with Crippen LogP contribution in [0.2, 0.25) is 0 Å². The van der Waals surface area contributed by atoms with Crippen LogP contribution in [0.25, 0.3) is 22.1 Å². The molecule has 0 bridgehead atoms. The maximum atomic E-state index is 13.4. The van der Waals surface area contributed by atoms with Crippen molar-refractivity contribution in [2.45, 2.75) is 70.4 Å². The number of fused-ring (bicyclic) bond motifs is 1. The van der Waals surface area contributed by atoms with Crippen molar-refractivity contribution in [3.63, 3.8) is 0 Å². The lowest BCUT2D eigenvalue weighted by atomic mass is 9.99. The number of rotatable bonds is 12. The highest BCUT2D eigenvalue weighted by atomic mass is 19.4. The van der Waals surface area contributed by atoms with Crippen LogP contribution in [0.1, 0.15) is 68.9 Å². The smallest absolute Gasteiger partial charge is 0.417 e. The minimum absolute atomic E-state index is 0.0838. The van der Waals surface area contributed by atoms with Gasteiger partial charge in [0.2, 0.25) is 0 Å². The molecule has 1 heterocycles. The molecule has 0 atom stereocenters. The zero-order chi connectivity index (χ0) is 23.7. The standard InChI is InChI=1S/C27H31F3O3/c28-27(29,30)24-14-10-9-13-22(24)23-19-21-16-15-20(18-25(21)33-26(23)32)12-8-6-4-2-1-3-5-7-11-17-31/h9-10,13-16,18-19,31H,1-8,11-12,17H2. The maximum absolute atomic E-state index is 13.4. The van der Waals surface area contributed by atoms with Gasteiger partial charge in [0.15, 0.2) is 0 Å². The lowest BCUT2D eigenvalue weighted by Gasteiger charge is -2.12. The van der Waals surface area contributed by atoms with E-state index in [0.717, 1.165) is 43.7 Å². The summed E-state index contributed by atoms with van der Waals surface area (Å²) in [6.07, 6.45) is 6.52. The van der Waals surface area contributed by atoms with E-state index in [0.29, 0.717) is 11.0 Å². The van der Waals surface area contributed by atoms with Crippen LogP contribution in [-0.2, 0) is 12.6 Å². The van der Waals surface area contributed by atoms with Gasteiger partial charge >= 0.3 is 11.8 Å². The third-order valence-electron chi connectivity index (χ3n) is 5.95. The Morgan fingerprint density at radius 3 is 2.06 bits per heavy atom. The lowest BCUT2D eigenvalue weighted by molar-refractivity contribution is -0.137. The van der Waals surface area contributed by atoms with Gasteiger partial charge in [-0.3, -0.25) is 0 Å². The molecule has 0 amide bonds. The number of aryl methyl sites for hydroxylation is 1. The van der Waals surface area contributed by atoms with Crippen LogP contribution in [0.5, 0.6) is 0 Å². The van der Waals surface area contributed by atoms with Gasteiger partial charge in [0, 0.05) is 17.6 Å². The summed E-state index contributed by atoms with van der Waals surface area (Å²) in [5.74, 6) is 0. The van der Waals surface area contributed by atoms with Crippen LogP contribution in [0.15, 0.2) is 57.7 Å². The quantitative estimate of drug-likeness (QED) is 0.225. The molecule has 0 unspecified atom stereocenters. The molecule has 3 aromatic rings. The molecule has 6 heteroatoms. The second kappa shape index (κ2) is 12.0. The Kier molecular flexibility index (Phi) is 9.12. The van der Waals surface area contributed by atoms with Gasteiger partial charge in [-0.2, -0.15) is 13.2 Å². The van der Waals surface area contributed by atoms with Gasteiger partial charge in [-0.1, -0.05) is 75.3 Å². The fourth-order valence-electron chi connectivity index (χ4n) is 4.14. The molecule has 0 saturated heterocycles. The molecule has 33 heavy (non-hydrogen) atoms. The van der Waals surface area contributed by atoms with Crippen LogP contribution in [0.4, 0.5) is 13.2 Å². The van der Waals surface area contributed by atoms with Crippen LogP contribution in [0, 0.1) is 0 Å². The number of hydrogen-bond donors (Lipinski definition) is 1. The monoisotopic (exact) mass is 460 g/mol. The van der Waals surface area contributed by atoms with Crippen molar-refractivity contribution in [1.82, 2.24) is 0 Å². The van der Waals surface area contributed by atoms with Crippen molar-refractivity contribution in [2.75, 3.05) is 6.61 Å². The molecule has 1 aromatic heterocycles. The Bertz CT molecular complexity index is 1090. The van der Waals surface area contributed by atoms with Gasteiger partial charge in [-0.15, -0.1) is 0 Å². The van der Waals surface area contributed by atoms with Gasteiger partial charge in [0.25, 0.3) is 0 Å². The van der Waals surface area contributed by atoms with Crippen molar-refractivity contribution in [3.05, 3.63) is 70.1 Å². The van der Waals surface area contributed by atoms with Crippen molar-refractivity contribution in [1.29, 1.82) is 0 Å². The summed E-state index contributed by atoms with van der Waals surface area (Å²) in [4.78, 5) is 12.5. The molecule has 0 aliphatic rings. The van der Waals surface area contributed by atoms with Gasteiger partial charge in [-0.05, 0) is 43.0 Å². The molecule has 178 valence electrons. The fraction of sp³-hybridized carbons (Fsp3) is 0.444. The Morgan fingerprint density at radius 2 is 1.39 bits per heavy atom. The van der Waals surface area contributed by atoms with E-state index in [1.54, 1.807) is 6.07 Å². The molecule has 2 aromatic carbocycles. The Balaban J connectivity index is 1.59. The summed E-state index contributed by atoms with van der Waals surface area (Å²) in [6, 6.07) is 12.1. The molecule has 0 aliphatic carbocycles. The number of aliphatic hydroxyl groups excluding tert-OH is 1. The average Bonchev–Trinajstić information content (AvgIpc) is 2.79. The van der Waals surface area contributed by atoms with Gasteiger partial charge in [0.1, 0.15) is 5.58 Å². The predicted molar refractivity (Wildman–Crippen MR) is 125 cm³/mol. The second-order valence-electron chi connectivity index (χ2n) is 8.52. The van der Waals surface area contributed by atoms with E-state index in [4.69, 9.17) is 9.52 Å². The van der Waals surface area contributed by atoms with Crippen LogP contribution in [-0.4, -0.2) is 11.7 Å². The number of halogens is 3. The first-order chi connectivity index (χ1) is 15.9. The molecular formula is C27H31F3O3. The van der Waals surface area contributed by atoms with Crippen molar-refractivity contribution in [3.8, 4) is 11.1 Å². The predicted octanol–water partition coefficient (Wildman–Crippen LogP) is 7.52. The largest absolute Gasteiger partial charge is 0.422 e. The second-order valence-corrected chi connectivity index (χ2v) is 8.52. The summed E-state index contributed by atoms with van der Waals surface area (Å²) in [7, 11) is 0. The molecule has 0 spiro atoms. The molecule has 0 saturated carbocycles. The van der Waals surface area contributed by atoms with Crippen LogP contribution < -0.4 is 5.63 Å². The normalized spacial score (nSPS) is 11.9. The minimum Gasteiger partial charge on any atom is -0.422 e. The third-order valence-corrected chi connectivity index (χ3v) is 5.95. The van der Waals surface area contributed by atoms with Crippen molar-refractivity contribution in [2.24, 2.45) is 0 Å². The number of aliphatic hydroxyl groups is 1. The Hall–Kier alpha value is -2.60. The third kappa shape index (κ3) is 7.19. The zero-order valence-corrected chi connectivity index (χ0v) is 18.8. The summed E-state index contributed by atoms with van der Waals surface area (Å²) in [5, 5.41) is 9.37. The summed E-state index contributed by atoms with van der Waals surface area (Å²) in [6.45, 7) is 0.283. The van der Waals surface area contributed by atoms with Gasteiger partial charge in [0.05, 0.1) is 11.1 Å². The highest BCUT2D eigenvalue weighted by Gasteiger charge is 2.34. The first kappa shape index (κ1) is 25.0. The number of benzene rings is 2. The van der Waals surface area contributed by atoms with E-state index in [1.807, 2.05) is 12.1 Å². The van der Waals surface area contributed by atoms with Crippen molar-refractivity contribution < 1.29 is 22.7 Å². The maximum Gasteiger partial charge on any atom is 0.417 e. The topological polar surface area (TPSA) is 50.4 Å². The summed E-state index contributed by atoms with van der Waals surface area (Å²) in [5.41, 5.74) is -0.418. The van der Waals surface area contributed by atoms with E-state index in [-0.39, 0.29) is 17.7 Å². The first-order valence-electron chi connectivity index (χ1n) is 11.7. The Morgan fingerprint density at radius 1 is 0.758 bits per heavy atom. The van der Waals surface area contributed by atoms with E-state index in [2.05, 4.69) is 0 Å². The van der Waals surface area contributed by atoms with E-state index in [9.17, 15) is 18.0 Å². The summed E-state index contributed by atoms with van der Waals surface area (Å²) >= 11 is 0. The first-order valence-corrected chi connectivity index (χ1v) is 11.7. The number of unbranched alkanes of at least 4 members (excludes halogenated alkanes) is 8. The molecule has 0 fully saturated rings. The minimum atomic E-state index is -4.55. The molecule has 0 radical (unpaired) electrons. The van der Waals surface area contributed by atoms with Crippen molar-refractivity contribution >= 4 is 11.0 Å². The molecule has 3 nitrogen and oxygen atoms in total. The molecule has 3 rings (SSSR count). The number of alkyl halides is 3. The van der Waals surface area contributed by atoms with Crippen LogP contribution in [0.3, 0.4) is 0 Å². The molecular weight excluding hydrogens is 429 g/mol. The van der Waals surface area contributed by atoms with Gasteiger partial charge in [-0.25, -0.2) is 4.79 Å². The summed E-state index contributed by atoms with van der Waals surface area (Å²) < 4.78 is 45.5. The van der Waals surface area contributed by atoms with Crippen LogP contribution >= 0.6 is 0 Å². The number of hydrogen-bond acceptors (Lipinski definition) is 3. The van der Waals surface area contributed by atoms with Gasteiger partial charge < -0.3 is 9.52 Å². The fourth-order valence-corrected chi connectivity index (χ4v) is 4.14. The lowest BCUT2D eigenvalue weighted by Crippen LogP contribution is -2.11. The average molecular weight is 461 g/mol. The van der Waals surface area contributed by atoms with E-state index >= 15 is 0 Å². The van der Waals surface area contributed by atoms with E-state index < -0.39 is 17.4 Å². The Labute approximate surface area is 192 Å². The SMILES string of the molecule is O=c1oc2cc(CCCCCCCCCCCO)ccc2cc1-c1ccccc1C(F)(F)F. The van der Waals surface area contributed by atoms with E-state index in [1.165, 1.54) is 56.4 Å². The molecule has 0 aliphatic heterocycles. The molecule has 1 N–H and O–H groups in total. The highest BCUT2D eigenvalue weighted by molar-refractivity contribution is 5.83. The highest BCUT2D eigenvalue weighted by Crippen LogP contribution is 2.36.